The highest BCUT2D eigenvalue weighted by Gasteiger charge is 2.45. The van der Waals surface area contributed by atoms with Crippen molar-refractivity contribution in [2.75, 3.05) is 0 Å². The lowest BCUT2D eigenvalue weighted by Crippen LogP contribution is -2.48. The van der Waals surface area contributed by atoms with E-state index in [-0.39, 0.29) is 11.9 Å². The summed E-state index contributed by atoms with van der Waals surface area (Å²) in [6.45, 7) is 3.98. The van der Waals surface area contributed by atoms with Crippen LogP contribution >= 0.6 is 0 Å². The number of carboxylic acid groups (broad SMARTS) is 1. The van der Waals surface area contributed by atoms with Crippen molar-refractivity contribution in [2.24, 2.45) is 0 Å². The maximum atomic E-state index is 13.1. The highest BCUT2D eigenvalue weighted by molar-refractivity contribution is 6.00. The van der Waals surface area contributed by atoms with E-state index >= 15 is 0 Å². The molecule has 2 aromatic carbocycles. The lowest BCUT2D eigenvalue weighted by molar-refractivity contribution is -0.140. The zero-order chi connectivity index (χ0) is 17.3. The van der Waals surface area contributed by atoms with Crippen molar-refractivity contribution in [1.29, 1.82) is 0 Å². The van der Waals surface area contributed by atoms with Crippen molar-refractivity contribution in [3.05, 3.63) is 71.3 Å². The van der Waals surface area contributed by atoms with Crippen LogP contribution in [0.25, 0.3) is 0 Å². The van der Waals surface area contributed by atoms with E-state index in [0.29, 0.717) is 11.1 Å². The molecule has 1 aliphatic heterocycles. The molecule has 0 spiro atoms. The number of carboxylic acids is 1. The first-order valence-corrected chi connectivity index (χ1v) is 8.25. The number of carbonyl (C=O) groups excluding carboxylic acids is 1. The van der Waals surface area contributed by atoms with Crippen LogP contribution in [-0.4, -0.2) is 27.9 Å². The molecule has 0 saturated carbocycles. The van der Waals surface area contributed by atoms with E-state index in [1.54, 1.807) is 29.2 Å². The molecule has 1 heterocycles. The number of amides is 1. The minimum absolute atomic E-state index is 0.0436. The van der Waals surface area contributed by atoms with Gasteiger partial charge in [0.2, 0.25) is 0 Å². The quantitative estimate of drug-likeness (QED) is 0.930. The fourth-order valence-corrected chi connectivity index (χ4v) is 3.50. The van der Waals surface area contributed by atoms with Gasteiger partial charge in [0.05, 0.1) is 6.04 Å². The van der Waals surface area contributed by atoms with Crippen molar-refractivity contribution < 1.29 is 14.7 Å². The second kappa shape index (κ2) is 6.48. The SMILES string of the molecule is CC[C@H](C)N1C(=O)c2ccccc2[C@H](C(=O)O)[C@@H]1c1ccccc1. The molecule has 0 radical (unpaired) electrons. The van der Waals surface area contributed by atoms with Gasteiger partial charge >= 0.3 is 5.97 Å². The van der Waals surface area contributed by atoms with Crippen LogP contribution < -0.4 is 0 Å². The topological polar surface area (TPSA) is 57.6 Å². The minimum Gasteiger partial charge on any atom is -0.481 e. The molecule has 124 valence electrons. The van der Waals surface area contributed by atoms with E-state index in [4.69, 9.17) is 0 Å². The maximum Gasteiger partial charge on any atom is 0.313 e. The molecule has 0 aliphatic carbocycles. The van der Waals surface area contributed by atoms with Gasteiger partial charge in [0, 0.05) is 11.6 Å². The Morgan fingerprint density at radius 3 is 2.38 bits per heavy atom. The molecule has 0 aromatic heterocycles. The monoisotopic (exact) mass is 323 g/mol. The highest BCUT2D eigenvalue weighted by atomic mass is 16.4. The van der Waals surface area contributed by atoms with Gasteiger partial charge in [0.15, 0.2) is 0 Å². The molecule has 0 fully saturated rings. The Kier molecular flexibility index (Phi) is 4.38. The molecule has 3 rings (SSSR count). The van der Waals surface area contributed by atoms with Gasteiger partial charge in [-0.25, -0.2) is 0 Å². The molecule has 1 amide bonds. The highest BCUT2D eigenvalue weighted by Crippen LogP contribution is 2.44. The molecule has 0 unspecified atom stereocenters. The van der Waals surface area contributed by atoms with E-state index in [0.717, 1.165) is 12.0 Å². The largest absolute Gasteiger partial charge is 0.481 e. The van der Waals surface area contributed by atoms with Gasteiger partial charge in [-0.3, -0.25) is 9.59 Å². The molecule has 4 heteroatoms. The van der Waals surface area contributed by atoms with Gasteiger partial charge in [0.25, 0.3) is 5.91 Å². The summed E-state index contributed by atoms with van der Waals surface area (Å²) in [5.41, 5.74) is 1.95. The molecular weight excluding hydrogens is 302 g/mol. The number of rotatable bonds is 4. The predicted octanol–water partition coefficient (Wildman–Crippen LogP) is 3.85. The number of hydrogen-bond acceptors (Lipinski definition) is 2. The Bertz CT molecular complexity index is 756. The van der Waals surface area contributed by atoms with Gasteiger partial charge in [0.1, 0.15) is 5.92 Å². The molecule has 4 nitrogen and oxygen atoms in total. The molecule has 1 N–H and O–H groups in total. The lowest BCUT2D eigenvalue weighted by atomic mass is 9.79. The number of aliphatic carboxylic acids is 1. The number of nitrogens with zero attached hydrogens (tertiary/aromatic N) is 1. The van der Waals surface area contributed by atoms with E-state index in [9.17, 15) is 14.7 Å². The summed E-state index contributed by atoms with van der Waals surface area (Å²) in [7, 11) is 0. The van der Waals surface area contributed by atoms with Crippen LogP contribution in [0.15, 0.2) is 54.6 Å². The molecule has 1 aliphatic rings. The van der Waals surface area contributed by atoms with Crippen LogP contribution in [-0.2, 0) is 4.79 Å². The van der Waals surface area contributed by atoms with Crippen LogP contribution in [0.5, 0.6) is 0 Å². The molecule has 24 heavy (non-hydrogen) atoms. The van der Waals surface area contributed by atoms with Crippen LogP contribution in [0, 0.1) is 0 Å². The fourth-order valence-electron chi connectivity index (χ4n) is 3.50. The third-order valence-corrected chi connectivity index (χ3v) is 4.85. The molecule has 0 saturated heterocycles. The second-order valence-electron chi connectivity index (χ2n) is 6.23. The standard InChI is InChI=1S/C20H21NO3/c1-3-13(2)21-18(14-9-5-4-6-10-14)17(20(23)24)15-11-7-8-12-16(15)19(21)22/h4-13,17-18H,3H2,1-2H3,(H,23,24)/t13-,17-,18-/m0/s1. The summed E-state index contributed by atoms with van der Waals surface area (Å²) in [4.78, 5) is 27.0. The average Bonchev–Trinajstić information content (AvgIpc) is 2.61. The zero-order valence-corrected chi connectivity index (χ0v) is 13.8. The Morgan fingerprint density at radius 2 is 1.75 bits per heavy atom. The Morgan fingerprint density at radius 1 is 1.12 bits per heavy atom. The first-order valence-electron chi connectivity index (χ1n) is 8.25. The van der Waals surface area contributed by atoms with E-state index in [1.807, 2.05) is 44.2 Å². The van der Waals surface area contributed by atoms with Crippen LogP contribution in [0.4, 0.5) is 0 Å². The van der Waals surface area contributed by atoms with Gasteiger partial charge in [-0.2, -0.15) is 0 Å². The summed E-state index contributed by atoms with van der Waals surface area (Å²) in [5.74, 6) is -1.77. The Hall–Kier alpha value is -2.62. The third-order valence-electron chi connectivity index (χ3n) is 4.85. The summed E-state index contributed by atoms with van der Waals surface area (Å²) in [6.07, 6.45) is 0.767. The maximum absolute atomic E-state index is 13.1. The smallest absolute Gasteiger partial charge is 0.313 e. The zero-order valence-electron chi connectivity index (χ0n) is 13.8. The normalized spacial score (nSPS) is 21.2. The van der Waals surface area contributed by atoms with Crippen molar-refractivity contribution in [1.82, 2.24) is 4.90 Å². The third kappa shape index (κ3) is 2.58. The molecule has 0 bridgehead atoms. The van der Waals surface area contributed by atoms with Gasteiger partial charge in [-0.1, -0.05) is 55.5 Å². The van der Waals surface area contributed by atoms with Crippen molar-refractivity contribution in [2.45, 2.75) is 38.3 Å². The van der Waals surface area contributed by atoms with Gasteiger partial charge in [-0.05, 0) is 30.5 Å². The second-order valence-corrected chi connectivity index (χ2v) is 6.23. The van der Waals surface area contributed by atoms with Crippen LogP contribution in [0.1, 0.15) is 53.7 Å². The minimum atomic E-state index is -0.905. The number of carbonyl (C=O) groups is 2. The van der Waals surface area contributed by atoms with E-state index in [1.165, 1.54) is 0 Å². The Balaban J connectivity index is 2.24. The number of fused-ring (bicyclic) bond motifs is 1. The first-order chi connectivity index (χ1) is 11.6. The predicted molar refractivity (Wildman–Crippen MR) is 91.9 cm³/mol. The van der Waals surface area contributed by atoms with Crippen molar-refractivity contribution >= 4 is 11.9 Å². The summed E-state index contributed by atoms with van der Waals surface area (Å²) < 4.78 is 0. The molecule has 3 atom stereocenters. The molecule has 2 aromatic rings. The summed E-state index contributed by atoms with van der Waals surface area (Å²) >= 11 is 0. The fraction of sp³-hybridized carbons (Fsp3) is 0.300. The van der Waals surface area contributed by atoms with Gasteiger partial charge < -0.3 is 10.0 Å². The summed E-state index contributed by atoms with van der Waals surface area (Å²) in [6, 6.07) is 16.0. The van der Waals surface area contributed by atoms with Crippen LogP contribution in [0.2, 0.25) is 0 Å². The number of hydrogen-bond donors (Lipinski definition) is 1. The van der Waals surface area contributed by atoms with Crippen molar-refractivity contribution in [3.63, 3.8) is 0 Å². The van der Waals surface area contributed by atoms with E-state index < -0.39 is 17.9 Å². The van der Waals surface area contributed by atoms with Crippen molar-refractivity contribution in [3.8, 4) is 0 Å². The van der Waals surface area contributed by atoms with E-state index in [2.05, 4.69) is 0 Å². The van der Waals surface area contributed by atoms with Gasteiger partial charge in [-0.15, -0.1) is 0 Å². The van der Waals surface area contributed by atoms with Crippen LogP contribution in [0.3, 0.4) is 0 Å². The lowest BCUT2D eigenvalue weighted by Gasteiger charge is -2.43. The number of benzene rings is 2. The average molecular weight is 323 g/mol. The first kappa shape index (κ1) is 16.2. The molecular formula is C20H21NO3. The Labute approximate surface area is 141 Å². The summed E-state index contributed by atoms with van der Waals surface area (Å²) in [5, 5.41) is 9.94.